The van der Waals surface area contributed by atoms with Crippen LogP contribution in [-0.2, 0) is 20.7 Å². The molecule has 2 aromatic rings. The van der Waals surface area contributed by atoms with Gasteiger partial charge in [-0.2, -0.15) is 0 Å². The first-order chi connectivity index (χ1) is 11.8. The largest absolute Gasteiger partial charge is 0.460 e. The number of nitrogens with one attached hydrogen (secondary N) is 1. The Morgan fingerprint density at radius 2 is 1.84 bits per heavy atom. The lowest BCUT2D eigenvalue weighted by Crippen LogP contribution is -2.34. The topological polar surface area (TPSA) is 64.6 Å². The molecule has 0 bridgehead atoms. The van der Waals surface area contributed by atoms with Crippen LogP contribution < -0.4 is 9.61 Å². The lowest BCUT2D eigenvalue weighted by atomic mass is 10.2. The minimum Gasteiger partial charge on any atom is -0.460 e. The molecule has 0 aromatic heterocycles. The van der Waals surface area contributed by atoms with Crippen molar-refractivity contribution < 1.29 is 18.6 Å². The zero-order valence-electron chi connectivity index (χ0n) is 13.7. The molecule has 5 nitrogen and oxygen atoms in total. The first-order valence-corrected chi connectivity index (χ1v) is 10.3. The maximum atomic E-state index is 12.6. The van der Waals surface area contributed by atoms with Gasteiger partial charge in [-0.1, -0.05) is 53.5 Å². The molecule has 0 amide bonds. The summed E-state index contributed by atoms with van der Waals surface area (Å²) in [4.78, 5) is 12.0. The monoisotopic (exact) mass is 401 g/mol. The summed E-state index contributed by atoms with van der Waals surface area (Å²) < 4.78 is 23.2. The number of carbonyl (C=O) groups excluding carboxylic acids is 1. The van der Waals surface area contributed by atoms with Crippen LogP contribution in [0.5, 0.6) is 5.75 Å². The molecule has 0 heterocycles. The summed E-state index contributed by atoms with van der Waals surface area (Å²) in [5.74, 6) is -0.235. The Morgan fingerprint density at radius 1 is 1.16 bits per heavy atom. The second-order valence-electron chi connectivity index (χ2n) is 5.46. The molecule has 25 heavy (non-hydrogen) atoms. The average molecular weight is 402 g/mol. The average Bonchev–Trinajstić information content (AvgIpc) is 2.56. The van der Waals surface area contributed by atoms with E-state index in [4.69, 9.17) is 32.5 Å². The van der Waals surface area contributed by atoms with E-state index >= 15 is 0 Å². The van der Waals surface area contributed by atoms with Gasteiger partial charge in [-0.25, -0.2) is 5.09 Å². The lowest BCUT2D eigenvalue weighted by Gasteiger charge is -2.20. The first-order valence-electron chi connectivity index (χ1n) is 7.47. The third kappa shape index (κ3) is 6.37. The molecular weight excluding hydrogens is 384 g/mol. The van der Waals surface area contributed by atoms with E-state index in [2.05, 4.69) is 5.09 Å². The second kappa shape index (κ2) is 8.72. The van der Waals surface area contributed by atoms with Gasteiger partial charge in [0.25, 0.3) is 0 Å². The Hall–Kier alpha value is -1.52. The summed E-state index contributed by atoms with van der Waals surface area (Å²) in [6.45, 7) is 3.07. The fourth-order valence-electron chi connectivity index (χ4n) is 2.02. The molecule has 0 spiro atoms. The van der Waals surface area contributed by atoms with Gasteiger partial charge >= 0.3 is 13.5 Å². The predicted molar refractivity (Wildman–Crippen MR) is 99.5 cm³/mol. The van der Waals surface area contributed by atoms with Gasteiger partial charge in [0, 0.05) is 12.7 Å². The normalized spacial score (nSPS) is 14.4. The van der Waals surface area contributed by atoms with Gasteiger partial charge < -0.3 is 9.26 Å². The van der Waals surface area contributed by atoms with Crippen molar-refractivity contribution >= 4 is 36.7 Å². The molecule has 2 atom stereocenters. The van der Waals surface area contributed by atoms with Crippen molar-refractivity contribution in [1.29, 1.82) is 0 Å². The molecule has 8 heteroatoms. The summed E-state index contributed by atoms with van der Waals surface area (Å²) in [5, 5.41) is 3.31. The maximum Gasteiger partial charge on any atom is 0.323 e. The van der Waals surface area contributed by atoms with Crippen molar-refractivity contribution in [2.24, 2.45) is 0 Å². The van der Waals surface area contributed by atoms with E-state index in [9.17, 15) is 9.36 Å². The van der Waals surface area contributed by atoms with Crippen molar-refractivity contribution in [1.82, 2.24) is 5.09 Å². The highest BCUT2D eigenvalue weighted by Gasteiger charge is 2.25. The third-order valence-electron chi connectivity index (χ3n) is 3.18. The summed E-state index contributed by atoms with van der Waals surface area (Å²) in [6, 6.07) is 13.0. The van der Waals surface area contributed by atoms with E-state index in [-0.39, 0.29) is 17.4 Å². The molecule has 0 saturated carbocycles. The van der Waals surface area contributed by atoms with Gasteiger partial charge in [-0.15, -0.1) is 0 Å². The molecule has 1 N–H and O–H groups in total. The number of hydrogen-bond acceptors (Lipinski definition) is 4. The Morgan fingerprint density at radius 3 is 2.48 bits per heavy atom. The van der Waals surface area contributed by atoms with Crippen molar-refractivity contribution in [3.05, 3.63) is 64.1 Å². The summed E-state index contributed by atoms with van der Waals surface area (Å²) in [5.41, 5.74) is 0.870. The van der Waals surface area contributed by atoms with Gasteiger partial charge in [0.2, 0.25) is 0 Å². The molecular formula is C17H18Cl2NO4P. The summed E-state index contributed by atoms with van der Waals surface area (Å²) in [6.07, 6.45) is 0. The second-order valence-corrected chi connectivity index (χ2v) is 8.40. The van der Waals surface area contributed by atoms with E-state index in [1.54, 1.807) is 13.0 Å². The zero-order chi connectivity index (χ0) is 18.4. The molecule has 2 aromatic carbocycles. The lowest BCUT2D eigenvalue weighted by molar-refractivity contribution is -0.146. The van der Waals surface area contributed by atoms with Crippen LogP contribution in [0, 0.1) is 0 Å². The Kier molecular flexibility index (Phi) is 6.91. The Labute approximate surface area is 156 Å². The summed E-state index contributed by atoms with van der Waals surface area (Å²) in [7, 11) is -3.31. The number of hydrogen-bond donors (Lipinski definition) is 1. The SMILES string of the molecule is C[C@H](NP(C)(=O)Oc1ccc(Cl)c(Cl)c1)C(=O)OCc1ccccc1. The highest BCUT2D eigenvalue weighted by atomic mass is 35.5. The van der Waals surface area contributed by atoms with Crippen LogP contribution in [0.25, 0.3) is 0 Å². The third-order valence-corrected chi connectivity index (χ3v) is 5.33. The molecule has 0 aliphatic rings. The molecule has 2 rings (SSSR count). The van der Waals surface area contributed by atoms with Crippen molar-refractivity contribution in [3.8, 4) is 5.75 Å². The van der Waals surface area contributed by atoms with Crippen molar-refractivity contribution in [2.45, 2.75) is 19.6 Å². The van der Waals surface area contributed by atoms with E-state index in [0.29, 0.717) is 5.02 Å². The number of ether oxygens (including phenoxy) is 1. The maximum absolute atomic E-state index is 12.6. The van der Waals surface area contributed by atoms with Gasteiger partial charge in [0.05, 0.1) is 10.0 Å². The number of esters is 1. The van der Waals surface area contributed by atoms with Crippen LogP contribution in [0.1, 0.15) is 12.5 Å². The van der Waals surface area contributed by atoms with Crippen molar-refractivity contribution in [3.63, 3.8) is 0 Å². The van der Waals surface area contributed by atoms with Crippen LogP contribution in [0.2, 0.25) is 10.0 Å². The van der Waals surface area contributed by atoms with Crippen molar-refractivity contribution in [2.75, 3.05) is 6.66 Å². The highest BCUT2D eigenvalue weighted by Crippen LogP contribution is 2.41. The molecule has 1 unspecified atom stereocenters. The van der Waals surface area contributed by atoms with E-state index in [0.717, 1.165) is 5.56 Å². The minimum absolute atomic E-state index is 0.146. The molecule has 0 fully saturated rings. The number of carbonyl (C=O) groups is 1. The van der Waals surface area contributed by atoms with E-state index < -0.39 is 19.5 Å². The molecule has 134 valence electrons. The predicted octanol–water partition coefficient (Wildman–Crippen LogP) is 4.92. The van der Waals surface area contributed by atoms with Gasteiger partial charge in [-0.3, -0.25) is 9.36 Å². The van der Waals surface area contributed by atoms with Crippen LogP contribution >= 0.6 is 30.7 Å². The van der Waals surface area contributed by atoms with Crippen LogP contribution in [-0.4, -0.2) is 18.7 Å². The quantitative estimate of drug-likeness (QED) is 0.526. The van der Waals surface area contributed by atoms with E-state index in [1.807, 2.05) is 30.3 Å². The Bertz CT molecular complexity index is 785. The van der Waals surface area contributed by atoms with Crippen LogP contribution in [0.15, 0.2) is 48.5 Å². The molecule has 0 radical (unpaired) electrons. The van der Waals surface area contributed by atoms with Crippen LogP contribution in [0.4, 0.5) is 0 Å². The van der Waals surface area contributed by atoms with E-state index in [1.165, 1.54) is 18.8 Å². The number of benzene rings is 2. The van der Waals surface area contributed by atoms with Crippen LogP contribution in [0.3, 0.4) is 0 Å². The molecule has 0 aliphatic carbocycles. The number of rotatable bonds is 7. The first kappa shape index (κ1) is 19.8. The Balaban J connectivity index is 1.90. The number of halogens is 2. The highest BCUT2D eigenvalue weighted by molar-refractivity contribution is 7.56. The van der Waals surface area contributed by atoms with Gasteiger partial charge in [-0.05, 0) is 24.6 Å². The minimum atomic E-state index is -3.31. The smallest absolute Gasteiger partial charge is 0.323 e. The molecule has 0 saturated heterocycles. The zero-order valence-corrected chi connectivity index (χ0v) is 16.1. The van der Waals surface area contributed by atoms with Gasteiger partial charge in [0.1, 0.15) is 18.4 Å². The standard InChI is InChI=1S/C17H18Cl2NO4P/c1-12(17(21)23-11-13-6-4-3-5-7-13)20-25(2,22)24-14-8-9-15(18)16(19)10-14/h3-10,12H,11H2,1-2H3,(H,20,22)/t12-,25?/m0/s1. The summed E-state index contributed by atoms with van der Waals surface area (Å²) >= 11 is 11.7. The fraction of sp³-hybridized carbons (Fsp3) is 0.235. The molecule has 0 aliphatic heterocycles. The van der Waals surface area contributed by atoms with Gasteiger partial charge in [0.15, 0.2) is 0 Å². The fourth-order valence-corrected chi connectivity index (χ4v) is 3.68.